The molecule has 0 aliphatic carbocycles. The monoisotopic (exact) mass is 286 g/mol. The molecule has 0 amide bonds. The Kier molecular flexibility index (Phi) is 10.3. The van der Waals surface area contributed by atoms with Crippen LogP contribution in [-0.4, -0.2) is 28.7 Å². The fraction of sp³-hybridized carbons (Fsp3) is 1.00. The third-order valence-corrected chi connectivity index (χ3v) is 4.30. The topological polar surface area (TPSA) is 49.7 Å². The van der Waals surface area contributed by atoms with Crippen LogP contribution < -0.4 is 0 Å². The van der Waals surface area contributed by atoms with E-state index in [1.165, 1.54) is 64.2 Å². The summed E-state index contributed by atoms with van der Waals surface area (Å²) in [5, 5.41) is 18.6. The van der Waals surface area contributed by atoms with Crippen LogP contribution in [0.2, 0.25) is 0 Å². The van der Waals surface area contributed by atoms with Crippen LogP contribution in [-0.2, 0) is 4.74 Å². The van der Waals surface area contributed by atoms with Gasteiger partial charge >= 0.3 is 0 Å². The molecule has 2 N–H and O–H groups in total. The number of hydrogen-bond donors (Lipinski definition) is 2. The highest BCUT2D eigenvalue weighted by Gasteiger charge is 2.31. The van der Waals surface area contributed by atoms with Gasteiger partial charge in [0, 0.05) is 6.42 Å². The highest BCUT2D eigenvalue weighted by molar-refractivity contribution is 4.75. The van der Waals surface area contributed by atoms with E-state index in [-0.39, 0.29) is 6.10 Å². The summed E-state index contributed by atoms with van der Waals surface area (Å²) >= 11 is 0. The first-order valence-electron chi connectivity index (χ1n) is 8.75. The molecule has 0 radical (unpaired) electrons. The molecule has 1 saturated heterocycles. The first-order valence-corrected chi connectivity index (χ1v) is 8.75. The average molecular weight is 286 g/mol. The maximum atomic E-state index is 9.37. The third kappa shape index (κ3) is 8.23. The summed E-state index contributed by atoms with van der Waals surface area (Å²) in [7, 11) is 0. The highest BCUT2D eigenvalue weighted by atomic mass is 16.6. The Bertz CT molecular complexity index is 210. The molecule has 0 bridgehead atoms. The van der Waals surface area contributed by atoms with E-state index in [1.54, 1.807) is 0 Å². The summed E-state index contributed by atoms with van der Waals surface area (Å²) in [6.45, 7) is 2.26. The van der Waals surface area contributed by atoms with Gasteiger partial charge in [0.05, 0.1) is 6.10 Å². The molecule has 1 heterocycles. The van der Waals surface area contributed by atoms with Crippen molar-refractivity contribution in [3.05, 3.63) is 0 Å². The van der Waals surface area contributed by atoms with Crippen LogP contribution >= 0.6 is 0 Å². The average Bonchev–Trinajstić information content (AvgIpc) is 2.75. The van der Waals surface area contributed by atoms with Crippen molar-refractivity contribution in [1.82, 2.24) is 0 Å². The molecule has 120 valence electrons. The van der Waals surface area contributed by atoms with Gasteiger partial charge in [-0.05, 0) is 6.42 Å². The van der Waals surface area contributed by atoms with Crippen LogP contribution in [0.5, 0.6) is 0 Å². The Hall–Kier alpha value is -0.120. The number of unbranched alkanes of at least 4 members (excludes halogenated alkanes) is 10. The van der Waals surface area contributed by atoms with Gasteiger partial charge in [-0.2, -0.15) is 0 Å². The second kappa shape index (κ2) is 11.5. The van der Waals surface area contributed by atoms with Gasteiger partial charge in [-0.15, -0.1) is 0 Å². The molecule has 1 aliphatic heterocycles. The molecule has 3 atom stereocenters. The minimum absolute atomic E-state index is 0.0681. The molecule has 3 nitrogen and oxygen atoms in total. The molecular formula is C17H34O3. The number of aliphatic hydroxyl groups is 2. The van der Waals surface area contributed by atoms with Gasteiger partial charge in [-0.3, -0.25) is 0 Å². The number of rotatable bonds is 12. The molecule has 1 aliphatic rings. The van der Waals surface area contributed by atoms with Gasteiger partial charge in [0.25, 0.3) is 0 Å². The maximum absolute atomic E-state index is 9.37. The summed E-state index contributed by atoms with van der Waals surface area (Å²) in [4.78, 5) is 0. The molecule has 1 rings (SSSR count). The Morgan fingerprint density at radius 2 is 1.30 bits per heavy atom. The highest BCUT2D eigenvalue weighted by Crippen LogP contribution is 2.23. The SMILES string of the molecule is CCCCCCCCCCCCC[C@@H]1C[C@@H](O)[C@@H](O)O1. The van der Waals surface area contributed by atoms with E-state index in [1.807, 2.05) is 0 Å². The van der Waals surface area contributed by atoms with Gasteiger partial charge < -0.3 is 14.9 Å². The van der Waals surface area contributed by atoms with Gasteiger partial charge in [-0.1, -0.05) is 77.6 Å². The zero-order chi connectivity index (χ0) is 14.6. The lowest BCUT2D eigenvalue weighted by molar-refractivity contribution is -0.127. The van der Waals surface area contributed by atoms with Crippen LogP contribution in [0.1, 0.15) is 90.4 Å². The minimum atomic E-state index is -0.951. The molecule has 0 aromatic heterocycles. The fourth-order valence-corrected chi connectivity index (χ4v) is 2.95. The predicted octanol–water partition coefficient (Wildman–Crippen LogP) is 4.16. The molecule has 0 spiro atoms. The molecule has 0 aromatic rings. The zero-order valence-electron chi connectivity index (χ0n) is 13.2. The quantitative estimate of drug-likeness (QED) is 0.530. The molecule has 1 fully saturated rings. The molecule has 0 unspecified atom stereocenters. The fourth-order valence-electron chi connectivity index (χ4n) is 2.95. The molecule has 3 heteroatoms. The lowest BCUT2D eigenvalue weighted by atomic mass is 10.0. The summed E-state index contributed by atoms with van der Waals surface area (Å²) in [6, 6.07) is 0. The zero-order valence-corrected chi connectivity index (χ0v) is 13.2. The summed E-state index contributed by atoms with van der Waals surface area (Å²) in [6.07, 6.45) is 14.8. The maximum Gasteiger partial charge on any atom is 0.181 e. The van der Waals surface area contributed by atoms with E-state index in [2.05, 4.69) is 6.92 Å². The van der Waals surface area contributed by atoms with Crippen molar-refractivity contribution in [3.8, 4) is 0 Å². The van der Waals surface area contributed by atoms with Crippen molar-refractivity contribution in [2.45, 2.75) is 109 Å². The summed E-state index contributed by atoms with van der Waals surface area (Å²) in [5.41, 5.74) is 0. The third-order valence-electron chi connectivity index (χ3n) is 4.30. The normalized spacial score (nSPS) is 26.2. The Balaban J connectivity index is 1.77. The molecule has 20 heavy (non-hydrogen) atoms. The van der Waals surface area contributed by atoms with E-state index in [0.717, 1.165) is 12.8 Å². The van der Waals surface area contributed by atoms with Crippen LogP contribution in [0.3, 0.4) is 0 Å². The second-order valence-corrected chi connectivity index (χ2v) is 6.28. The van der Waals surface area contributed by atoms with E-state index >= 15 is 0 Å². The second-order valence-electron chi connectivity index (χ2n) is 6.28. The first kappa shape index (κ1) is 17.9. The summed E-state index contributed by atoms with van der Waals surface area (Å²) < 4.78 is 5.27. The lowest BCUT2D eigenvalue weighted by Gasteiger charge is -2.09. The van der Waals surface area contributed by atoms with Crippen molar-refractivity contribution in [2.24, 2.45) is 0 Å². The van der Waals surface area contributed by atoms with Crippen LogP contribution in [0.15, 0.2) is 0 Å². The number of aliphatic hydroxyl groups excluding tert-OH is 2. The standard InChI is InChI=1S/C17H34O3/c1-2-3-4-5-6-7-8-9-10-11-12-13-15-14-16(18)17(19)20-15/h15-19H,2-14H2,1H3/t15-,16-,17+/m1/s1. The predicted molar refractivity (Wildman–Crippen MR) is 82.6 cm³/mol. The van der Waals surface area contributed by atoms with Crippen LogP contribution in [0.25, 0.3) is 0 Å². The first-order chi connectivity index (χ1) is 9.74. The van der Waals surface area contributed by atoms with Crippen molar-refractivity contribution in [1.29, 1.82) is 0 Å². The van der Waals surface area contributed by atoms with Gasteiger partial charge in [0.1, 0.15) is 6.10 Å². The van der Waals surface area contributed by atoms with Gasteiger partial charge in [0.2, 0.25) is 0 Å². The molecule has 0 aromatic carbocycles. The molecule has 0 saturated carbocycles. The minimum Gasteiger partial charge on any atom is -0.388 e. The van der Waals surface area contributed by atoms with Crippen molar-refractivity contribution < 1.29 is 14.9 Å². The number of hydrogen-bond acceptors (Lipinski definition) is 3. The van der Waals surface area contributed by atoms with Crippen LogP contribution in [0, 0.1) is 0 Å². The Morgan fingerprint density at radius 3 is 1.75 bits per heavy atom. The number of ether oxygens (including phenoxy) is 1. The summed E-state index contributed by atoms with van der Waals surface area (Å²) in [5.74, 6) is 0. The van der Waals surface area contributed by atoms with E-state index in [0.29, 0.717) is 6.42 Å². The lowest BCUT2D eigenvalue weighted by Crippen LogP contribution is -2.19. The smallest absolute Gasteiger partial charge is 0.181 e. The largest absolute Gasteiger partial charge is 0.388 e. The van der Waals surface area contributed by atoms with Crippen LogP contribution in [0.4, 0.5) is 0 Å². The van der Waals surface area contributed by atoms with E-state index in [4.69, 9.17) is 4.74 Å². The van der Waals surface area contributed by atoms with E-state index < -0.39 is 12.4 Å². The van der Waals surface area contributed by atoms with Gasteiger partial charge in [0.15, 0.2) is 6.29 Å². The van der Waals surface area contributed by atoms with Gasteiger partial charge in [-0.25, -0.2) is 0 Å². The van der Waals surface area contributed by atoms with Crippen molar-refractivity contribution >= 4 is 0 Å². The molecular weight excluding hydrogens is 252 g/mol. The van der Waals surface area contributed by atoms with Crippen molar-refractivity contribution in [3.63, 3.8) is 0 Å². The van der Waals surface area contributed by atoms with E-state index in [9.17, 15) is 10.2 Å². The Morgan fingerprint density at radius 1 is 0.800 bits per heavy atom. The Labute approximate surface area is 124 Å². The van der Waals surface area contributed by atoms with Crippen molar-refractivity contribution in [2.75, 3.05) is 0 Å².